The van der Waals surface area contributed by atoms with Gasteiger partial charge in [0.05, 0.1) is 45.3 Å². The lowest BCUT2D eigenvalue weighted by atomic mass is 9.27. The van der Waals surface area contributed by atoms with Gasteiger partial charge in [-0.05, 0) is 27.7 Å². The summed E-state index contributed by atoms with van der Waals surface area (Å²) in [6.07, 6.45) is 0. The van der Waals surface area contributed by atoms with Crippen LogP contribution in [0.1, 0.15) is 27.7 Å². The zero-order chi connectivity index (χ0) is 23.8. The van der Waals surface area contributed by atoms with E-state index in [1.165, 1.54) is 27.7 Å². The first-order valence-corrected chi connectivity index (χ1v) is 9.75. The molecule has 0 bridgehead atoms. The molecule has 4 saturated heterocycles. The van der Waals surface area contributed by atoms with Crippen molar-refractivity contribution >= 4 is 47.8 Å². The predicted molar refractivity (Wildman–Crippen MR) is 90.8 cm³/mol. The van der Waals surface area contributed by atoms with Crippen LogP contribution in [0.3, 0.4) is 0 Å². The average molecular weight is 448 g/mol. The SMILES string of the molecule is CC12C(=O)OC(=O)C1(C)C1(C)C(=O)OC(=O)C21C.O=C1OC(=O)C2C1C1C(=O)OC(=O)C21. The second-order valence-electron chi connectivity index (χ2n) is 9.44. The Morgan fingerprint density at radius 3 is 0.781 bits per heavy atom. The van der Waals surface area contributed by atoms with Crippen molar-refractivity contribution in [1.82, 2.24) is 0 Å². The van der Waals surface area contributed by atoms with Gasteiger partial charge in [0.2, 0.25) is 0 Å². The molecule has 4 heterocycles. The van der Waals surface area contributed by atoms with Gasteiger partial charge in [0.25, 0.3) is 0 Å². The van der Waals surface area contributed by atoms with Crippen LogP contribution < -0.4 is 0 Å². The number of carbonyl (C=O) groups excluding carboxylic acids is 8. The quantitative estimate of drug-likeness (QED) is 0.247. The third kappa shape index (κ3) is 1.59. The van der Waals surface area contributed by atoms with Crippen LogP contribution in [0.4, 0.5) is 0 Å². The molecule has 0 aromatic carbocycles. The van der Waals surface area contributed by atoms with Gasteiger partial charge in [0.1, 0.15) is 0 Å². The van der Waals surface area contributed by atoms with Crippen molar-refractivity contribution in [3.05, 3.63) is 0 Å². The molecule has 6 rings (SSSR count). The van der Waals surface area contributed by atoms with Crippen LogP contribution >= 0.6 is 0 Å². The summed E-state index contributed by atoms with van der Waals surface area (Å²) < 4.78 is 18.0. The second-order valence-corrected chi connectivity index (χ2v) is 9.44. The number of cyclic esters (lactones) is 8. The van der Waals surface area contributed by atoms with Gasteiger partial charge in [-0.3, -0.25) is 38.4 Å². The minimum Gasteiger partial charge on any atom is -0.393 e. The summed E-state index contributed by atoms with van der Waals surface area (Å²) in [7, 11) is 0. The van der Waals surface area contributed by atoms with Crippen molar-refractivity contribution in [2.24, 2.45) is 45.3 Å². The van der Waals surface area contributed by atoms with E-state index >= 15 is 0 Å². The molecule has 32 heavy (non-hydrogen) atoms. The molecule has 0 N–H and O–H groups in total. The fraction of sp³-hybridized carbons (Fsp3) is 0.600. The third-order valence-electron chi connectivity index (χ3n) is 9.04. The van der Waals surface area contributed by atoms with E-state index in [4.69, 9.17) is 0 Å². The van der Waals surface area contributed by atoms with Crippen molar-refractivity contribution in [1.29, 1.82) is 0 Å². The highest BCUT2D eigenvalue weighted by atomic mass is 16.6. The smallest absolute Gasteiger partial charge is 0.321 e. The van der Waals surface area contributed by atoms with Gasteiger partial charge in [0.15, 0.2) is 0 Å². The normalized spacial score (nSPS) is 49.4. The van der Waals surface area contributed by atoms with E-state index in [1.54, 1.807) is 0 Å². The van der Waals surface area contributed by atoms with Crippen molar-refractivity contribution in [2.45, 2.75) is 27.7 Å². The van der Waals surface area contributed by atoms with E-state index in [0.717, 1.165) is 0 Å². The largest absolute Gasteiger partial charge is 0.393 e. The minimum absolute atomic E-state index is 0.715. The molecule has 12 nitrogen and oxygen atoms in total. The van der Waals surface area contributed by atoms with Crippen molar-refractivity contribution < 1.29 is 57.3 Å². The fourth-order valence-electron chi connectivity index (χ4n) is 6.54. The summed E-state index contributed by atoms with van der Waals surface area (Å²) in [5, 5.41) is 0. The molecule has 2 aliphatic carbocycles. The van der Waals surface area contributed by atoms with Crippen LogP contribution in [0.25, 0.3) is 0 Å². The predicted octanol–water partition coefficient (Wildman–Crippen LogP) is -1.18. The van der Waals surface area contributed by atoms with Crippen molar-refractivity contribution in [3.8, 4) is 0 Å². The van der Waals surface area contributed by atoms with E-state index in [9.17, 15) is 38.4 Å². The second kappa shape index (κ2) is 5.30. The Hall–Kier alpha value is -3.44. The monoisotopic (exact) mass is 448 g/mol. The van der Waals surface area contributed by atoms with Crippen LogP contribution in [0.2, 0.25) is 0 Å². The average Bonchev–Trinajstić information content (AvgIpc) is 3.18. The number of esters is 8. The zero-order valence-electron chi connectivity index (χ0n) is 17.2. The van der Waals surface area contributed by atoms with E-state index in [1.807, 2.05) is 0 Å². The van der Waals surface area contributed by atoms with Crippen LogP contribution in [0, 0.1) is 45.3 Å². The number of fused-ring (bicyclic) bond motifs is 8. The maximum absolute atomic E-state index is 12.0. The Morgan fingerprint density at radius 1 is 0.406 bits per heavy atom. The van der Waals surface area contributed by atoms with Gasteiger partial charge in [-0.1, -0.05) is 0 Å². The molecule has 168 valence electrons. The molecule has 0 amide bonds. The van der Waals surface area contributed by atoms with E-state index < -0.39 is 93.1 Å². The number of rotatable bonds is 0. The van der Waals surface area contributed by atoms with E-state index in [-0.39, 0.29) is 0 Å². The summed E-state index contributed by atoms with van der Waals surface area (Å²) in [6, 6.07) is 0. The summed E-state index contributed by atoms with van der Waals surface area (Å²) in [5.74, 6) is -9.05. The molecule has 2 saturated carbocycles. The van der Waals surface area contributed by atoms with Crippen molar-refractivity contribution in [2.75, 3.05) is 0 Å². The zero-order valence-corrected chi connectivity index (χ0v) is 17.2. The molecular formula is C20H16O12. The third-order valence-corrected chi connectivity index (χ3v) is 9.04. The number of hydrogen-bond acceptors (Lipinski definition) is 12. The summed E-state index contributed by atoms with van der Waals surface area (Å²) in [5.41, 5.74) is -5.41. The van der Waals surface area contributed by atoms with Gasteiger partial charge >= 0.3 is 47.8 Å². The standard InChI is InChI=1S/C12H12O6.C8H4O6/c1-9-5(13)17-6(14)10(9,2)12(4)8(16)18-7(15)11(9,12)3;9-5-1-2(6(10)13-5)4-3(1)7(11)14-8(4)12/h1-4H3;1-4H. The molecule has 0 unspecified atom stereocenters. The molecule has 6 aliphatic rings. The maximum atomic E-state index is 12.0. The first-order chi connectivity index (χ1) is 14.7. The summed E-state index contributed by atoms with van der Waals surface area (Å²) in [4.78, 5) is 92.1. The Morgan fingerprint density at radius 2 is 0.594 bits per heavy atom. The Bertz CT molecular complexity index is 939. The molecule has 0 aromatic heterocycles. The molecule has 6 fully saturated rings. The Labute approximate surface area is 178 Å². The van der Waals surface area contributed by atoms with Crippen LogP contribution in [0.5, 0.6) is 0 Å². The van der Waals surface area contributed by atoms with Crippen LogP contribution in [-0.2, 0) is 57.3 Å². The first kappa shape index (κ1) is 20.5. The highest BCUT2D eigenvalue weighted by molar-refractivity contribution is 6.18. The maximum Gasteiger partial charge on any atom is 0.321 e. The van der Waals surface area contributed by atoms with Gasteiger partial charge in [-0.25, -0.2) is 0 Å². The molecule has 12 heteroatoms. The summed E-state index contributed by atoms with van der Waals surface area (Å²) in [6.45, 7) is 5.95. The number of hydrogen-bond donors (Lipinski definition) is 0. The van der Waals surface area contributed by atoms with E-state index in [2.05, 4.69) is 18.9 Å². The van der Waals surface area contributed by atoms with Crippen LogP contribution in [0.15, 0.2) is 0 Å². The van der Waals surface area contributed by atoms with Crippen LogP contribution in [-0.4, -0.2) is 47.8 Å². The lowest BCUT2D eigenvalue weighted by Crippen LogP contribution is -2.77. The highest BCUT2D eigenvalue weighted by Crippen LogP contribution is 2.83. The van der Waals surface area contributed by atoms with Crippen molar-refractivity contribution in [3.63, 3.8) is 0 Å². The topological polar surface area (TPSA) is 173 Å². The van der Waals surface area contributed by atoms with Gasteiger partial charge in [-0.2, -0.15) is 0 Å². The Kier molecular flexibility index (Phi) is 3.39. The number of carbonyl (C=O) groups is 8. The van der Waals surface area contributed by atoms with Gasteiger partial charge in [-0.15, -0.1) is 0 Å². The fourth-order valence-corrected chi connectivity index (χ4v) is 6.54. The summed E-state index contributed by atoms with van der Waals surface area (Å²) >= 11 is 0. The van der Waals surface area contributed by atoms with E-state index in [0.29, 0.717) is 0 Å². The molecular weight excluding hydrogens is 432 g/mol. The highest BCUT2D eigenvalue weighted by Gasteiger charge is 2.97. The minimum atomic E-state index is -1.35. The first-order valence-electron chi connectivity index (χ1n) is 9.75. The molecule has 0 aromatic rings. The lowest BCUT2D eigenvalue weighted by molar-refractivity contribution is -0.243. The molecule has 0 atom stereocenters. The Balaban J connectivity index is 0.000000139. The van der Waals surface area contributed by atoms with Gasteiger partial charge in [0, 0.05) is 0 Å². The van der Waals surface area contributed by atoms with Gasteiger partial charge < -0.3 is 18.9 Å². The molecule has 0 radical (unpaired) electrons. The molecule has 4 aliphatic heterocycles. The lowest BCUT2D eigenvalue weighted by Gasteiger charge is -2.65. The number of ether oxygens (including phenoxy) is 4. The molecule has 0 spiro atoms.